The molecule has 130 valence electrons. The van der Waals surface area contributed by atoms with Gasteiger partial charge in [-0.15, -0.1) is 0 Å². The zero-order chi connectivity index (χ0) is 18.0. The van der Waals surface area contributed by atoms with Gasteiger partial charge >= 0.3 is 0 Å². The van der Waals surface area contributed by atoms with Crippen LogP contribution in [-0.4, -0.2) is 15.0 Å². The lowest BCUT2D eigenvalue weighted by Gasteiger charge is -2.25. The lowest BCUT2D eigenvalue weighted by molar-refractivity contribution is 0.897. The molecule has 3 heterocycles. The van der Waals surface area contributed by atoms with Crippen LogP contribution in [0.3, 0.4) is 0 Å². The number of nitrogens with zero attached hydrogens (tertiary/aromatic N) is 3. The molecule has 0 unspecified atom stereocenters. The Hall–Kier alpha value is -2.75. The molecule has 26 heavy (non-hydrogen) atoms. The summed E-state index contributed by atoms with van der Waals surface area (Å²) in [5.41, 5.74) is 12.3. The zero-order valence-electron chi connectivity index (χ0n) is 15.7. The van der Waals surface area contributed by atoms with Crippen molar-refractivity contribution in [3.05, 3.63) is 74.4 Å². The Morgan fingerprint density at radius 3 is 2.04 bits per heavy atom. The average Bonchev–Trinajstić information content (AvgIpc) is 2.59. The topological polar surface area (TPSA) is 50.7 Å². The molecule has 2 aliphatic rings. The average molecular weight is 342 g/mol. The molecular weight excluding hydrogens is 320 g/mol. The maximum atomic E-state index is 4.98. The number of aryl methyl sites for hydroxylation is 4. The summed E-state index contributed by atoms with van der Waals surface area (Å²) in [4.78, 5) is 14.4. The van der Waals surface area contributed by atoms with E-state index in [2.05, 4.69) is 42.3 Å². The van der Waals surface area contributed by atoms with Crippen LogP contribution >= 0.6 is 0 Å². The summed E-state index contributed by atoms with van der Waals surface area (Å²) in [6.45, 7) is 8.40. The highest BCUT2D eigenvalue weighted by Crippen LogP contribution is 2.35. The van der Waals surface area contributed by atoms with Crippen LogP contribution in [0.2, 0.25) is 0 Å². The number of aromatic nitrogens is 3. The van der Waals surface area contributed by atoms with E-state index in [4.69, 9.17) is 9.97 Å². The SMILES string of the molecule is Cc1cc2c(cc1C)Cc1nc3c(cc1C2)Cc1nc(C)c(C)nc1N3. The molecule has 1 aliphatic heterocycles. The van der Waals surface area contributed by atoms with Gasteiger partial charge in [-0.05, 0) is 68.0 Å². The van der Waals surface area contributed by atoms with Crippen molar-refractivity contribution in [1.82, 2.24) is 15.0 Å². The quantitative estimate of drug-likeness (QED) is 0.457. The van der Waals surface area contributed by atoms with Gasteiger partial charge in [-0.1, -0.05) is 12.1 Å². The molecule has 0 saturated heterocycles. The fourth-order valence-corrected chi connectivity index (χ4v) is 4.01. The highest BCUT2D eigenvalue weighted by Gasteiger charge is 2.24. The van der Waals surface area contributed by atoms with Crippen LogP contribution in [0.5, 0.6) is 0 Å². The minimum atomic E-state index is 0.797. The molecular formula is C22H22N4. The second-order valence-corrected chi connectivity index (χ2v) is 7.65. The smallest absolute Gasteiger partial charge is 0.153 e. The van der Waals surface area contributed by atoms with Crippen molar-refractivity contribution in [2.45, 2.75) is 47.0 Å². The largest absolute Gasteiger partial charge is 0.323 e. The molecule has 1 N–H and O–H groups in total. The molecule has 0 spiro atoms. The first kappa shape index (κ1) is 15.5. The van der Waals surface area contributed by atoms with E-state index in [1.807, 2.05) is 13.8 Å². The molecule has 0 bridgehead atoms. The molecule has 0 saturated carbocycles. The summed E-state index contributed by atoms with van der Waals surface area (Å²) in [5.74, 6) is 1.80. The van der Waals surface area contributed by atoms with Gasteiger partial charge in [-0.3, -0.25) is 4.98 Å². The first-order valence-electron chi connectivity index (χ1n) is 9.20. The number of anilines is 2. The molecule has 3 aromatic rings. The maximum Gasteiger partial charge on any atom is 0.153 e. The first-order chi connectivity index (χ1) is 12.5. The van der Waals surface area contributed by atoms with Crippen molar-refractivity contribution in [2.75, 3.05) is 5.32 Å². The summed E-state index contributed by atoms with van der Waals surface area (Å²) < 4.78 is 0. The van der Waals surface area contributed by atoms with Crippen LogP contribution in [0.25, 0.3) is 0 Å². The summed E-state index contributed by atoms with van der Waals surface area (Å²) in [7, 11) is 0. The van der Waals surface area contributed by atoms with E-state index in [0.29, 0.717) is 0 Å². The third-order valence-electron chi connectivity index (χ3n) is 5.80. The fraction of sp³-hybridized carbons (Fsp3) is 0.318. The van der Waals surface area contributed by atoms with E-state index < -0.39 is 0 Å². The van der Waals surface area contributed by atoms with Crippen LogP contribution in [-0.2, 0) is 19.3 Å². The van der Waals surface area contributed by atoms with Crippen molar-refractivity contribution < 1.29 is 0 Å². The standard InChI is InChI=1S/C22H22N4/c1-11-5-15-7-17-8-18-10-20-22(24-14(4)13(3)23-20)26-21(18)25-19(17)9-16(15)6-12(11)2/h5-6,8H,7,9-10H2,1-4H3,(H,24,25,26). The van der Waals surface area contributed by atoms with Gasteiger partial charge in [0.25, 0.3) is 0 Å². The molecule has 0 fully saturated rings. The highest BCUT2D eigenvalue weighted by atomic mass is 15.1. The normalized spacial score (nSPS) is 14.0. The van der Waals surface area contributed by atoms with E-state index in [-0.39, 0.29) is 0 Å². The molecule has 4 heteroatoms. The minimum Gasteiger partial charge on any atom is -0.323 e. The third kappa shape index (κ3) is 2.32. The van der Waals surface area contributed by atoms with Crippen molar-refractivity contribution in [2.24, 2.45) is 0 Å². The van der Waals surface area contributed by atoms with Crippen LogP contribution in [0.4, 0.5) is 11.6 Å². The van der Waals surface area contributed by atoms with Crippen LogP contribution in [0.15, 0.2) is 18.2 Å². The van der Waals surface area contributed by atoms with E-state index in [9.17, 15) is 0 Å². The van der Waals surface area contributed by atoms with Gasteiger partial charge in [0.1, 0.15) is 5.82 Å². The fourth-order valence-electron chi connectivity index (χ4n) is 4.01. The molecule has 0 radical (unpaired) electrons. The van der Waals surface area contributed by atoms with E-state index in [1.54, 1.807) is 0 Å². The summed E-state index contributed by atoms with van der Waals surface area (Å²) in [6, 6.07) is 7.00. The predicted molar refractivity (Wildman–Crippen MR) is 103 cm³/mol. The predicted octanol–water partition coefficient (Wildman–Crippen LogP) is 4.25. The number of hydrogen-bond acceptors (Lipinski definition) is 4. The van der Waals surface area contributed by atoms with E-state index >= 15 is 0 Å². The van der Waals surface area contributed by atoms with Crippen molar-refractivity contribution in [3.8, 4) is 0 Å². The number of pyridine rings is 1. The van der Waals surface area contributed by atoms with Gasteiger partial charge in [-0.25, -0.2) is 9.97 Å². The Bertz CT molecular complexity index is 914. The Kier molecular flexibility index (Phi) is 3.20. The highest BCUT2D eigenvalue weighted by molar-refractivity contribution is 5.66. The summed E-state index contributed by atoms with van der Waals surface area (Å²) in [5, 5.41) is 3.42. The van der Waals surface area contributed by atoms with Gasteiger partial charge < -0.3 is 5.32 Å². The Morgan fingerprint density at radius 1 is 0.615 bits per heavy atom. The van der Waals surface area contributed by atoms with Gasteiger partial charge in [0.15, 0.2) is 5.82 Å². The lowest BCUT2D eigenvalue weighted by atomic mass is 9.85. The molecule has 2 aromatic heterocycles. The summed E-state index contributed by atoms with van der Waals surface area (Å²) >= 11 is 0. The Morgan fingerprint density at radius 2 is 1.27 bits per heavy atom. The number of fused-ring (bicyclic) bond motifs is 4. The van der Waals surface area contributed by atoms with Crippen LogP contribution in [0, 0.1) is 27.7 Å². The number of nitrogens with one attached hydrogen (secondary N) is 1. The van der Waals surface area contributed by atoms with E-state index in [0.717, 1.165) is 48.0 Å². The summed E-state index contributed by atoms with van der Waals surface area (Å²) in [6.07, 6.45) is 2.68. The first-order valence-corrected chi connectivity index (χ1v) is 9.20. The monoisotopic (exact) mass is 342 g/mol. The van der Waals surface area contributed by atoms with Crippen molar-refractivity contribution in [3.63, 3.8) is 0 Å². The lowest BCUT2D eigenvalue weighted by Crippen LogP contribution is -2.17. The molecule has 5 rings (SSSR count). The molecule has 0 atom stereocenters. The maximum absolute atomic E-state index is 4.98. The van der Waals surface area contributed by atoms with Crippen LogP contribution < -0.4 is 5.32 Å². The van der Waals surface area contributed by atoms with Gasteiger partial charge in [0.05, 0.1) is 22.8 Å². The van der Waals surface area contributed by atoms with Crippen molar-refractivity contribution in [1.29, 1.82) is 0 Å². The molecule has 1 aliphatic carbocycles. The Balaban J connectivity index is 1.56. The zero-order valence-corrected chi connectivity index (χ0v) is 15.7. The third-order valence-corrected chi connectivity index (χ3v) is 5.80. The second kappa shape index (κ2) is 5.37. The second-order valence-electron chi connectivity index (χ2n) is 7.65. The minimum absolute atomic E-state index is 0.797. The van der Waals surface area contributed by atoms with Gasteiger partial charge in [-0.2, -0.15) is 0 Å². The number of benzene rings is 1. The molecule has 0 amide bonds. The molecule has 1 aromatic carbocycles. The Labute approximate surface area is 153 Å². The van der Waals surface area contributed by atoms with Crippen molar-refractivity contribution >= 4 is 11.6 Å². The number of hydrogen-bond donors (Lipinski definition) is 1. The van der Waals surface area contributed by atoms with Crippen LogP contribution in [0.1, 0.15) is 56.2 Å². The van der Waals surface area contributed by atoms with Gasteiger partial charge in [0.2, 0.25) is 0 Å². The van der Waals surface area contributed by atoms with Gasteiger partial charge in [0, 0.05) is 18.4 Å². The van der Waals surface area contributed by atoms with E-state index in [1.165, 1.54) is 39.1 Å². The number of rotatable bonds is 0. The molecule has 4 nitrogen and oxygen atoms in total.